The fourth-order valence-corrected chi connectivity index (χ4v) is 5.43. The summed E-state index contributed by atoms with van der Waals surface area (Å²) in [5.74, 6) is 0.708. The zero-order valence-electron chi connectivity index (χ0n) is 19.3. The van der Waals surface area contributed by atoms with Crippen molar-refractivity contribution in [1.29, 1.82) is 0 Å². The fraction of sp³-hybridized carbons (Fsp3) is 0.292. The minimum atomic E-state index is -4.70. The molecule has 1 fully saturated rings. The molecule has 0 aliphatic carbocycles. The van der Waals surface area contributed by atoms with Crippen LogP contribution >= 0.6 is 15.9 Å². The topological polar surface area (TPSA) is 76.2 Å². The molecular formula is C24H24BrF3N2O5S. The van der Waals surface area contributed by atoms with Gasteiger partial charge in [-0.15, -0.1) is 0 Å². The average molecular weight is 589 g/mol. The van der Waals surface area contributed by atoms with Crippen molar-refractivity contribution in [2.45, 2.75) is 11.1 Å². The molecule has 0 saturated carbocycles. The maximum absolute atomic E-state index is 13.2. The lowest BCUT2D eigenvalue weighted by molar-refractivity contribution is -0.138. The Labute approximate surface area is 216 Å². The Hall–Kier alpha value is -2.83. The summed E-state index contributed by atoms with van der Waals surface area (Å²) in [7, 11) is -2.66. The van der Waals surface area contributed by atoms with E-state index in [0.29, 0.717) is 29.7 Å². The van der Waals surface area contributed by atoms with Gasteiger partial charge in [-0.2, -0.15) is 17.5 Å². The van der Waals surface area contributed by atoms with Crippen LogP contribution in [0, 0.1) is 0 Å². The standard InChI is InChI=1S/C24H24BrF3N2O5S/c1-3-14-35-21-8-4-17(15-22(21)34-2)5-9-23(31)29-10-12-30(13-11-29)36(32,33)18-6-7-20(25)19(16-18)24(26,27)28/h3-9,15-16H,1,10-14H2,2H3/b9-5+. The SMILES string of the molecule is C=CCOc1ccc(/C=C/C(=O)N2CCN(S(=O)(=O)c3ccc(Br)c(C(F)(F)F)c3)CC2)cc1OC. The maximum atomic E-state index is 13.2. The molecular weight excluding hydrogens is 565 g/mol. The summed E-state index contributed by atoms with van der Waals surface area (Å²) in [6, 6.07) is 7.97. The number of hydrogen-bond donors (Lipinski definition) is 0. The van der Waals surface area contributed by atoms with Crippen LogP contribution in [0.2, 0.25) is 0 Å². The molecule has 7 nitrogen and oxygen atoms in total. The lowest BCUT2D eigenvalue weighted by Gasteiger charge is -2.33. The summed E-state index contributed by atoms with van der Waals surface area (Å²) in [5, 5.41) is 0. The molecule has 2 aromatic carbocycles. The van der Waals surface area contributed by atoms with Gasteiger partial charge in [0, 0.05) is 36.7 Å². The van der Waals surface area contributed by atoms with Crippen molar-refractivity contribution in [3.05, 3.63) is 70.7 Å². The number of carbonyl (C=O) groups is 1. The molecule has 36 heavy (non-hydrogen) atoms. The van der Waals surface area contributed by atoms with E-state index in [0.717, 1.165) is 16.4 Å². The second-order valence-electron chi connectivity index (χ2n) is 7.71. The molecule has 1 amide bonds. The zero-order valence-corrected chi connectivity index (χ0v) is 21.7. The van der Waals surface area contributed by atoms with Gasteiger partial charge in [-0.25, -0.2) is 8.42 Å². The molecule has 12 heteroatoms. The normalized spacial score (nSPS) is 15.2. The Bertz CT molecular complexity index is 1260. The van der Waals surface area contributed by atoms with Gasteiger partial charge in [-0.3, -0.25) is 4.79 Å². The predicted octanol–water partition coefficient (Wildman–Crippen LogP) is 4.59. The van der Waals surface area contributed by atoms with E-state index in [9.17, 15) is 26.4 Å². The van der Waals surface area contributed by atoms with Gasteiger partial charge < -0.3 is 14.4 Å². The van der Waals surface area contributed by atoms with Crippen molar-refractivity contribution in [2.24, 2.45) is 0 Å². The van der Waals surface area contributed by atoms with Crippen LogP contribution in [-0.2, 0) is 21.0 Å². The van der Waals surface area contributed by atoms with E-state index in [1.807, 2.05) is 0 Å². The van der Waals surface area contributed by atoms with Crippen LogP contribution in [0.5, 0.6) is 11.5 Å². The number of nitrogens with zero attached hydrogens (tertiary/aromatic N) is 2. The Balaban J connectivity index is 1.65. The zero-order chi connectivity index (χ0) is 26.5. The Kier molecular flexibility index (Phi) is 8.85. The monoisotopic (exact) mass is 588 g/mol. The van der Waals surface area contributed by atoms with E-state index in [1.165, 1.54) is 18.1 Å². The van der Waals surface area contributed by atoms with Crippen LogP contribution in [0.1, 0.15) is 11.1 Å². The van der Waals surface area contributed by atoms with Crippen molar-refractivity contribution in [3.8, 4) is 11.5 Å². The Morgan fingerprint density at radius 3 is 2.42 bits per heavy atom. The summed E-state index contributed by atoms with van der Waals surface area (Å²) in [6.45, 7) is 4.03. The van der Waals surface area contributed by atoms with Crippen molar-refractivity contribution in [3.63, 3.8) is 0 Å². The average Bonchev–Trinajstić information content (AvgIpc) is 2.85. The minimum Gasteiger partial charge on any atom is -0.493 e. The van der Waals surface area contributed by atoms with Gasteiger partial charge >= 0.3 is 6.18 Å². The highest BCUT2D eigenvalue weighted by Gasteiger charge is 2.36. The first-order chi connectivity index (χ1) is 17.0. The second-order valence-corrected chi connectivity index (χ2v) is 10.5. The smallest absolute Gasteiger partial charge is 0.417 e. The third-order valence-corrected chi connectivity index (χ3v) is 7.98. The number of hydrogen-bond acceptors (Lipinski definition) is 5. The summed E-state index contributed by atoms with van der Waals surface area (Å²) < 4.78 is 77.1. The number of rotatable bonds is 8. The van der Waals surface area contributed by atoms with Crippen molar-refractivity contribution >= 4 is 37.9 Å². The van der Waals surface area contributed by atoms with E-state index >= 15 is 0 Å². The largest absolute Gasteiger partial charge is 0.493 e. The van der Waals surface area contributed by atoms with Crippen LogP contribution < -0.4 is 9.47 Å². The third-order valence-electron chi connectivity index (χ3n) is 5.39. The van der Waals surface area contributed by atoms with Gasteiger partial charge in [0.1, 0.15) is 6.61 Å². The number of alkyl halides is 3. The molecule has 3 rings (SSSR count). The first-order valence-electron chi connectivity index (χ1n) is 10.7. The first kappa shape index (κ1) is 27.8. The molecule has 0 radical (unpaired) electrons. The molecule has 0 unspecified atom stereocenters. The molecule has 2 aromatic rings. The molecule has 1 aliphatic rings. The van der Waals surface area contributed by atoms with E-state index in [4.69, 9.17) is 9.47 Å². The summed E-state index contributed by atoms with van der Waals surface area (Å²) >= 11 is 2.81. The molecule has 1 heterocycles. The van der Waals surface area contributed by atoms with Gasteiger partial charge in [0.25, 0.3) is 0 Å². The first-order valence-corrected chi connectivity index (χ1v) is 13.0. The molecule has 0 aromatic heterocycles. The summed E-state index contributed by atoms with van der Waals surface area (Å²) in [6.07, 6.45) is -0.125. The number of amides is 1. The number of carbonyl (C=O) groups excluding carboxylic acids is 1. The van der Waals surface area contributed by atoms with Crippen LogP contribution in [0.3, 0.4) is 0 Å². The molecule has 0 spiro atoms. The van der Waals surface area contributed by atoms with Crippen LogP contribution in [-0.4, -0.2) is 63.4 Å². The number of sulfonamides is 1. The highest BCUT2D eigenvalue weighted by Crippen LogP contribution is 2.36. The van der Waals surface area contributed by atoms with E-state index < -0.39 is 26.7 Å². The van der Waals surface area contributed by atoms with E-state index in [-0.39, 0.29) is 36.6 Å². The maximum Gasteiger partial charge on any atom is 0.417 e. The second kappa shape index (κ2) is 11.5. The van der Waals surface area contributed by atoms with Crippen molar-refractivity contribution in [1.82, 2.24) is 9.21 Å². The van der Waals surface area contributed by atoms with Gasteiger partial charge in [0.15, 0.2) is 11.5 Å². The van der Waals surface area contributed by atoms with Crippen molar-refractivity contribution in [2.75, 3.05) is 39.9 Å². The molecule has 1 saturated heterocycles. The van der Waals surface area contributed by atoms with Crippen LogP contribution in [0.4, 0.5) is 13.2 Å². The molecule has 0 atom stereocenters. The predicted molar refractivity (Wildman–Crippen MR) is 132 cm³/mol. The van der Waals surface area contributed by atoms with Crippen LogP contribution in [0.15, 0.2) is 64.5 Å². The number of halogens is 4. The lowest BCUT2D eigenvalue weighted by Crippen LogP contribution is -2.50. The number of piperazine rings is 1. The number of methoxy groups -OCH3 is 1. The van der Waals surface area contributed by atoms with Gasteiger partial charge in [-0.05, 0) is 42.0 Å². The Morgan fingerprint density at radius 2 is 1.81 bits per heavy atom. The Morgan fingerprint density at radius 1 is 1.11 bits per heavy atom. The van der Waals surface area contributed by atoms with E-state index in [1.54, 1.807) is 30.4 Å². The highest BCUT2D eigenvalue weighted by atomic mass is 79.9. The number of benzene rings is 2. The molecule has 0 N–H and O–H groups in total. The van der Waals surface area contributed by atoms with E-state index in [2.05, 4.69) is 22.5 Å². The van der Waals surface area contributed by atoms with Crippen LogP contribution in [0.25, 0.3) is 6.08 Å². The van der Waals surface area contributed by atoms with Gasteiger partial charge in [0.05, 0.1) is 17.6 Å². The third kappa shape index (κ3) is 6.48. The van der Waals surface area contributed by atoms with Gasteiger partial charge in [-0.1, -0.05) is 34.7 Å². The minimum absolute atomic E-state index is 0.0392. The molecule has 1 aliphatic heterocycles. The number of ether oxygens (including phenoxy) is 2. The quantitative estimate of drug-likeness (QED) is 0.333. The van der Waals surface area contributed by atoms with Crippen molar-refractivity contribution < 1.29 is 35.9 Å². The molecule has 194 valence electrons. The lowest BCUT2D eigenvalue weighted by atomic mass is 10.2. The van der Waals surface area contributed by atoms with Gasteiger partial charge in [0.2, 0.25) is 15.9 Å². The molecule has 0 bridgehead atoms. The summed E-state index contributed by atoms with van der Waals surface area (Å²) in [4.78, 5) is 13.7. The summed E-state index contributed by atoms with van der Waals surface area (Å²) in [5.41, 5.74) is -0.373. The highest BCUT2D eigenvalue weighted by molar-refractivity contribution is 9.10. The fourth-order valence-electron chi connectivity index (χ4n) is 3.51.